The predicted octanol–water partition coefficient (Wildman–Crippen LogP) is 4.22. The fraction of sp³-hybridized carbons (Fsp3) is 0.105. The second-order valence-corrected chi connectivity index (χ2v) is 7.28. The number of benzene rings is 2. The molecule has 0 saturated heterocycles. The molecule has 2 N–H and O–H groups in total. The summed E-state index contributed by atoms with van der Waals surface area (Å²) >= 11 is 7.68. The Morgan fingerprint density at radius 2 is 1.89 bits per heavy atom. The van der Waals surface area contributed by atoms with Crippen LogP contribution >= 0.6 is 23.4 Å². The van der Waals surface area contributed by atoms with E-state index < -0.39 is 0 Å². The molecule has 0 spiro atoms. The van der Waals surface area contributed by atoms with Gasteiger partial charge in [0.25, 0.3) is 0 Å². The van der Waals surface area contributed by atoms with Crippen molar-refractivity contribution in [2.75, 3.05) is 5.84 Å². The van der Waals surface area contributed by atoms with Gasteiger partial charge in [-0.2, -0.15) is 0 Å². The molecule has 27 heavy (non-hydrogen) atoms. The van der Waals surface area contributed by atoms with E-state index in [1.165, 1.54) is 22.5 Å². The van der Waals surface area contributed by atoms with Crippen LogP contribution in [0, 0.1) is 5.82 Å². The maximum atomic E-state index is 13.8. The minimum Gasteiger partial charge on any atom is -0.336 e. The third-order valence-electron chi connectivity index (χ3n) is 4.20. The molecular weight excluding hydrogens is 385 g/mol. The summed E-state index contributed by atoms with van der Waals surface area (Å²) in [4.78, 5) is 4.43. The van der Waals surface area contributed by atoms with Crippen LogP contribution in [0.1, 0.15) is 17.0 Å². The zero-order valence-electron chi connectivity index (χ0n) is 14.1. The van der Waals surface area contributed by atoms with Crippen LogP contribution in [0.15, 0.2) is 59.9 Å². The first-order valence-corrected chi connectivity index (χ1v) is 9.57. The number of nitrogens with two attached hydrogens (primary N) is 1. The monoisotopic (exact) mass is 399 g/mol. The maximum Gasteiger partial charge on any atom is 0.210 e. The molecule has 0 fully saturated rings. The quantitative estimate of drug-likeness (QED) is 0.402. The van der Waals surface area contributed by atoms with Crippen LogP contribution < -0.4 is 5.84 Å². The summed E-state index contributed by atoms with van der Waals surface area (Å²) < 4.78 is 15.2. The Bertz CT molecular complexity index is 1110. The summed E-state index contributed by atoms with van der Waals surface area (Å²) in [7, 11) is 0. The number of halogens is 2. The van der Waals surface area contributed by atoms with Gasteiger partial charge >= 0.3 is 0 Å². The number of pyridine rings is 1. The molecule has 0 unspecified atom stereocenters. The molecule has 0 aliphatic heterocycles. The van der Waals surface area contributed by atoms with Gasteiger partial charge in [-0.1, -0.05) is 47.6 Å². The summed E-state index contributed by atoms with van der Waals surface area (Å²) in [5.74, 6) is 6.94. The first-order chi connectivity index (χ1) is 13.1. The molecular formula is C19H15ClFN5S. The molecule has 0 radical (unpaired) electrons. The van der Waals surface area contributed by atoms with Gasteiger partial charge in [-0.25, -0.2) is 9.07 Å². The molecule has 2 heterocycles. The van der Waals surface area contributed by atoms with Gasteiger partial charge < -0.3 is 5.84 Å². The lowest BCUT2D eigenvalue weighted by molar-refractivity contribution is 0.610. The Morgan fingerprint density at radius 3 is 2.74 bits per heavy atom. The number of rotatable bonds is 5. The van der Waals surface area contributed by atoms with Gasteiger partial charge in [-0.15, -0.1) is 10.2 Å². The molecule has 4 aromatic rings. The average Bonchev–Trinajstić information content (AvgIpc) is 3.03. The highest BCUT2D eigenvalue weighted by molar-refractivity contribution is 7.98. The summed E-state index contributed by atoms with van der Waals surface area (Å²) in [5.41, 5.74) is 2.41. The van der Waals surface area contributed by atoms with Gasteiger partial charge in [0.05, 0.1) is 5.52 Å². The van der Waals surface area contributed by atoms with Crippen molar-refractivity contribution < 1.29 is 4.39 Å². The molecule has 0 bridgehead atoms. The Balaban J connectivity index is 1.54. The Hall–Kier alpha value is -2.64. The normalized spacial score (nSPS) is 11.2. The molecule has 2 aromatic carbocycles. The lowest BCUT2D eigenvalue weighted by Crippen LogP contribution is -2.14. The van der Waals surface area contributed by atoms with Crippen LogP contribution in [0.4, 0.5) is 4.39 Å². The van der Waals surface area contributed by atoms with Crippen LogP contribution in [0.2, 0.25) is 5.02 Å². The van der Waals surface area contributed by atoms with Crippen molar-refractivity contribution in [2.24, 2.45) is 0 Å². The largest absolute Gasteiger partial charge is 0.336 e. The first-order valence-electron chi connectivity index (χ1n) is 8.21. The van der Waals surface area contributed by atoms with Crippen molar-refractivity contribution in [1.82, 2.24) is 19.9 Å². The lowest BCUT2D eigenvalue weighted by Gasteiger charge is -2.07. The van der Waals surface area contributed by atoms with E-state index in [1.807, 2.05) is 24.3 Å². The zero-order valence-corrected chi connectivity index (χ0v) is 15.7. The molecule has 136 valence electrons. The third kappa shape index (κ3) is 3.61. The summed E-state index contributed by atoms with van der Waals surface area (Å²) in [6.45, 7) is 0. The van der Waals surface area contributed by atoms with Crippen molar-refractivity contribution >= 4 is 34.3 Å². The number of nitrogens with zero attached hydrogens (tertiary/aromatic N) is 4. The highest BCUT2D eigenvalue weighted by Crippen LogP contribution is 2.29. The second kappa shape index (κ2) is 7.54. The van der Waals surface area contributed by atoms with E-state index in [0.717, 1.165) is 16.5 Å². The van der Waals surface area contributed by atoms with E-state index >= 15 is 0 Å². The first kappa shape index (κ1) is 17.8. The van der Waals surface area contributed by atoms with Crippen LogP contribution in [0.25, 0.3) is 10.9 Å². The van der Waals surface area contributed by atoms with Gasteiger partial charge in [0.1, 0.15) is 5.82 Å². The van der Waals surface area contributed by atoms with Crippen LogP contribution in [-0.4, -0.2) is 19.9 Å². The Morgan fingerprint density at radius 1 is 1.04 bits per heavy atom. The topological polar surface area (TPSA) is 69.6 Å². The molecule has 0 aliphatic carbocycles. The Labute approximate surface area is 164 Å². The molecule has 0 saturated carbocycles. The highest BCUT2D eigenvalue weighted by Gasteiger charge is 2.14. The van der Waals surface area contributed by atoms with Gasteiger partial charge in [0.15, 0.2) is 5.82 Å². The van der Waals surface area contributed by atoms with E-state index in [9.17, 15) is 4.39 Å². The van der Waals surface area contributed by atoms with Crippen LogP contribution in [0.3, 0.4) is 0 Å². The fourth-order valence-corrected chi connectivity index (χ4v) is 3.87. The van der Waals surface area contributed by atoms with Crippen molar-refractivity contribution in [1.29, 1.82) is 0 Å². The standard InChI is InChI=1S/C19H15ClFN5S/c20-15-8-7-13(18-14(15)5-3-9-23-18)11-27-19-25-24-17(26(19)22)10-12-4-1-2-6-16(12)21/h1-9H,10-11,22H2. The minimum absolute atomic E-state index is 0.280. The molecule has 5 nitrogen and oxygen atoms in total. The third-order valence-corrected chi connectivity index (χ3v) is 5.52. The van der Waals surface area contributed by atoms with Gasteiger partial charge in [-0.05, 0) is 35.4 Å². The SMILES string of the molecule is Nn1c(Cc2ccccc2F)nnc1SCc1ccc(Cl)c2cccnc12. The van der Waals surface area contributed by atoms with Crippen molar-refractivity contribution in [3.63, 3.8) is 0 Å². The summed E-state index contributed by atoms with van der Waals surface area (Å²) in [5, 5.41) is 10.4. The minimum atomic E-state index is -0.284. The van der Waals surface area contributed by atoms with E-state index in [4.69, 9.17) is 17.4 Å². The molecule has 2 aromatic heterocycles. The number of fused-ring (bicyclic) bond motifs is 1. The smallest absolute Gasteiger partial charge is 0.210 e. The zero-order chi connectivity index (χ0) is 18.8. The van der Waals surface area contributed by atoms with Crippen molar-refractivity contribution in [2.45, 2.75) is 17.3 Å². The van der Waals surface area contributed by atoms with E-state index in [0.29, 0.717) is 27.3 Å². The van der Waals surface area contributed by atoms with E-state index in [1.54, 1.807) is 24.4 Å². The van der Waals surface area contributed by atoms with E-state index in [-0.39, 0.29) is 12.2 Å². The van der Waals surface area contributed by atoms with Gasteiger partial charge in [0.2, 0.25) is 5.16 Å². The van der Waals surface area contributed by atoms with Crippen LogP contribution in [-0.2, 0) is 12.2 Å². The van der Waals surface area contributed by atoms with Gasteiger partial charge in [-0.3, -0.25) is 4.98 Å². The number of hydrogen-bond acceptors (Lipinski definition) is 5. The number of aromatic nitrogens is 4. The van der Waals surface area contributed by atoms with Crippen molar-refractivity contribution in [3.05, 3.63) is 82.5 Å². The number of hydrogen-bond donors (Lipinski definition) is 1. The lowest BCUT2D eigenvalue weighted by atomic mass is 10.1. The predicted molar refractivity (Wildman–Crippen MR) is 106 cm³/mol. The van der Waals surface area contributed by atoms with Crippen LogP contribution in [0.5, 0.6) is 0 Å². The molecule has 0 amide bonds. The Kier molecular flexibility index (Phi) is 4.96. The molecule has 8 heteroatoms. The van der Waals surface area contributed by atoms with Crippen molar-refractivity contribution in [3.8, 4) is 0 Å². The number of thioether (sulfide) groups is 1. The molecule has 0 atom stereocenters. The molecule has 4 rings (SSSR count). The maximum absolute atomic E-state index is 13.8. The molecule has 0 aliphatic rings. The average molecular weight is 400 g/mol. The van der Waals surface area contributed by atoms with E-state index in [2.05, 4.69) is 15.2 Å². The summed E-state index contributed by atoms with van der Waals surface area (Å²) in [6.07, 6.45) is 2.02. The fourth-order valence-electron chi connectivity index (χ4n) is 2.79. The highest BCUT2D eigenvalue weighted by atomic mass is 35.5. The second-order valence-electron chi connectivity index (χ2n) is 5.93. The summed E-state index contributed by atoms with van der Waals surface area (Å²) in [6, 6.07) is 14.2. The number of nitrogen functional groups attached to an aromatic ring is 1. The van der Waals surface area contributed by atoms with Gasteiger partial charge in [0, 0.05) is 28.8 Å².